The van der Waals surface area contributed by atoms with Crippen molar-refractivity contribution in [2.45, 2.75) is 0 Å². The maximum Gasteiger partial charge on any atom is 0.251 e. The van der Waals surface area contributed by atoms with E-state index in [0.717, 1.165) is 0 Å². The Kier molecular flexibility index (Phi) is 2.03. The lowest BCUT2D eigenvalue weighted by Gasteiger charge is -1.98. The second-order valence-electron chi connectivity index (χ2n) is 2.11. The Bertz CT molecular complexity index is 338. The first kappa shape index (κ1) is 8.58. The highest BCUT2D eigenvalue weighted by Crippen LogP contribution is 2.12. The number of benzene rings is 1. The fourth-order valence-corrected chi connectivity index (χ4v) is 0.711. The molecule has 2 nitrogen and oxygen atoms in total. The van der Waals surface area contributed by atoms with Crippen molar-refractivity contribution in [3.05, 3.63) is 35.1 Å². The van der Waals surface area contributed by atoms with Crippen LogP contribution in [0.1, 0.15) is 10.4 Å². The van der Waals surface area contributed by atoms with E-state index in [0.29, 0.717) is 6.07 Å². The molecule has 64 valence electrons. The zero-order chi connectivity index (χ0) is 9.30. The molecule has 0 saturated heterocycles. The minimum Gasteiger partial charge on any atom is -0.366 e. The number of hydrogen-bond donors (Lipinski definition) is 1. The van der Waals surface area contributed by atoms with Crippen LogP contribution in [-0.4, -0.2) is 5.91 Å². The van der Waals surface area contributed by atoms with Crippen LogP contribution >= 0.6 is 0 Å². The van der Waals surface area contributed by atoms with E-state index in [1.54, 1.807) is 0 Å². The van der Waals surface area contributed by atoms with E-state index in [1.807, 2.05) is 0 Å². The van der Waals surface area contributed by atoms with Crippen molar-refractivity contribution < 1.29 is 18.0 Å². The molecule has 1 rings (SSSR count). The van der Waals surface area contributed by atoms with Crippen molar-refractivity contribution in [3.63, 3.8) is 0 Å². The Morgan fingerprint density at radius 1 is 1.08 bits per heavy atom. The smallest absolute Gasteiger partial charge is 0.251 e. The van der Waals surface area contributed by atoms with Crippen LogP contribution < -0.4 is 5.73 Å². The number of rotatable bonds is 1. The molecule has 1 aromatic carbocycles. The molecule has 0 saturated carbocycles. The third kappa shape index (κ3) is 1.39. The molecule has 0 spiro atoms. The highest BCUT2D eigenvalue weighted by Gasteiger charge is 2.12. The van der Waals surface area contributed by atoms with Gasteiger partial charge < -0.3 is 5.73 Å². The molecule has 0 aliphatic rings. The van der Waals surface area contributed by atoms with Gasteiger partial charge in [0.15, 0.2) is 11.6 Å². The van der Waals surface area contributed by atoms with Crippen LogP contribution in [0.25, 0.3) is 0 Å². The number of primary amides is 1. The number of hydrogen-bond acceptors (Lipinski definition) is 1. The minimum absolute atomic E-state index is 0.273. The van der Waals surface area contributed by atoms with E-state index in [9.17, 15) is 18.0 Å². The SMILES string of the molecule is NC(=O)c1cc(F)c(F)cc1F. The third-order valence-electron chi connectivity index (χ3n) is 1.28. The summed E-state index contributed by atoms with van der Waals surface area (Å²) in [4.78, 5) is 10.4. The molecule has 0 atom stereocenters. The van der Waals surface area contributed by atoms with Crippen molar-refractivity contribution in [1.29, 1.82) is 0 Å². The zero-order valence-corrected chi connectivity index (χ0v) is 5.77. The van der Waals surface area contributed by atoms with Crippen molar-refractivity contribution in [2.24, 2.45) is 5.73 Å². The molecule has 0 aromatic heterocycles. The summed E-state index contributed by atoms with van der Waals surface area (Å²) in [6.45, 7) is 0. The molecule has 1 aromatic rings. The number of carbonyl (C=O) groups is 1. The third-order valence-corrected chi connectivity index (χ3v) is 1.28. The van der Waals surface area contributed by atoms with Gasteiger partial charge in [-0.1, -0.05) is 0 Å². The quantitative estimate of drug-likeness (QED) is 0.640. The van der Waals surface area contributed by atoms with E-state index in [-0.39, 0.29) is 6.07 Å². The molecule has 0 bridgehead atoms. The Morgan fingerprint density at radius 2 is 1.58 bits per heavy atom. The summed E-state index contributed by atoms with van der Waals surface area (Å²) in [5, 5.41) is 0. The predicted octanol–water partition coefficient (Wildman–Crippen LogP) is 1.20. The van der Waals surface area contributed by atoms with Crippen LogP contribution in [0.2, 0.25) is 0 Å². The van der Waals surface area contributed by atoms with Crippen molar-refractivity contribution in [3.8, 4) is 0 Å². The molecule has 12 heavy (non-hydrogen) atoms. The molecule has 0 radical (unpaired) electrons. The second kappa shape index (κ2) is 2.84. The largest absolute Gasteiger partial charge is 0.366 e. The van der Waals surface area contributed by atoms with Crippen LogP contribution in [0, 0.1) is 17.5 Å². The fourth-order valence-electron chi connectivity index (χ4n) is 0.711. The summed E-state index contributed by atoms with van der Waals surface area (Å²) in [5.41, 5.74) is 4.01. The Hall–Kier alpha value is -1.52. The summed E-state index contributed by atoms with van der Waals surface area (Å²) in [5.74, 6) is -4.95. The van der Waals surface area contributed by atoms with E-state index in [4.69, 9.17) is 0 Å². The van der Waals surface area contributed by atoms with Gasteiger partial charge in [-0.05, 0) is 6.07 Å². The van der Waals surface area contributed by atoms with Crippen LogP contribution in [-0.2, 0) is 0 Å². The maximum absolute atomic E-state index is 12.6. The summed E-state index contributed by atoms with van der Waals surface area (Å²) in [6, 6.07) is 0.697. The molecular formula is C7H4F3NO. The first-order chi connectivity index (χ1) is 5.52. The Morgan fingerprint density at radius 3 is 2.08 bits per heavy atom. The van der Waals surface area contributed by atoms with Crippen LogP contribution in [0.15, 0.2) is 12.1 Å². The molecule has 0 aliphatic heterocycles. The van der Waals surface area contributed by atoms with Gasteiger partial charge in [-0.2, -0.15) is 0 Å². The molecule has 0 fully saturated rings. The average molecular weight is 175 g/mol. The standard InChI is InChI=1S/C7H4F3NO/c8-4-2-6(10)5(9)1-3(4)7(11)12/h1-2H,(H2,11,12). The van der Waals surface area contributed by atoms with Gasteiger partial charge in [-0.3, -0.25) is 4.79 Å². The highest BCUT2D eigenvalue weighted by atomic mass is 19.2. The van der Waals surface area contributed by atoms with Crippen molar-refractivity contribution >= 4 is 5.91 Å². The number of amides is 1. The Labute approximate surface area is 65.8 Å². The molecule has 5 heteroatoms. The number of halogens is 3. The molecule has 0 aliphatic carbocycles. The van der Waals surface area contributed by atoms with E-state index in [2.05, 4.69) is 5.73 Å². The maximum atomic E-state index is 12.6. The molecular weight excluding hydrogens is 171 g/mol. The first-order valence-electron chi connectivity index (χ1n) is 2.96. The predicted molar refractivity (Wildman–Crippen MR) is 34.8 cm³/mol. The van der Waals surface area contributed by atoms with Crippen LogP contribution in [0.3, 0.4) is 0 Å². The van der Waals surface area contributed by atoms with Gasteiger partial charge in [-0.15, -0.1) is 0 Å². The molecule has 0 unspecified atom stereocenters. The summed E-state index contributed by atoms with van der Waals surface area (Å²) >= 11 is 0. The lowest BCUT2D eigenvalue weighted by atomic mass is 10.2. The normalized spacial score (nSPS) is 9.92. The van der Waals surface area contributed by atoms with Gasteiger partial charge in [0.2, 0.25) is 0 Å². The second-order valence-corrected chi connectivity index (χ2v) is 2.11. The van der Waals surface area contributed by atoms with Gasteiger partial charge in [-0.25, -0.2) is 13.2 Å². The summed E-state index contributed by atoms with van der Waals surface area (Å²) in [6.07, 6.45) is 0. The first-order valence-corrected chi connectivity index (χ1v) is 2.96. The Balaban J connectivity index is 3.33. The summed E-state index contributed by atoms with van der Waals surface area (Å²) in [7, 11) is 0. The lowest BCUT2D eigenvalue weighted by molar-refractivity contribution is 0.0996. The number of carbonyl (C=O) groups excluding carboxylic acids is 1. The van der Waals surface area contributed by atoms with Gasteiger partial charge in [0.1, 0.15) is 5.82 Å². The van der Waals surface area contributed by atoms with Gasteiger partial charge in [0.05, 0.1) is 5.56 Å². The van der Waals surface area contributed by atoms with Gasteiger partial charge >= 0.3 is 0 Å². The van der Waals surface area contributed by atoms with Gasteiger partial charge in [0.25, 0.3) is 5.91 Å². The van der Waals surface area contributed by atoms with Crippen molar-refractivity contribution in [1.82, 2.24) is 0 Å². The monoisotopic (exact) mass is 175 g/mol. The topological polar surface area (TPSA) is 43.1 Å². The van der Waals surface area contributed by atoms with Crippen LogP contribution in [0.4, 0.5) is 13.2 Å². The number of nitrogens with two attached hydrogens (primary N) is 1. The average Bonchev–Trinajstić information content (AvgIpc) is 1.96. The van der Waals surface area contributed by atoms with Crippen molar-refractivity contribution in [2.75, 3.05) is 0 Å². The molecule has 1 amide bonds. The molecule has 2 N–H and O–H groups in total. The zero-order valence-electron chi connectivity index (χ0n) is 5.77. The van der Waals surface area contributed by atoms with Gasteiger partial charge in [0, 0.05) is 6.07 Å². The minimum atomic E-state index is -1.35. The lowest BCUT2D eigenvalue weighted by Crippen LogP contribution is -2.13. The fraction of sp³-hybridized carbons (Fsp3) is 0. The van der Waals surface area contributed by atoms with E-state index < -0.39 is 28.9 Å². The molecule has 0 heterocycles. The van der Waals surface area contributed by atoms with E-state index >= 15 is 0 Å². The highest BCUT2D eigenvalue weighted by molar-refractivity contribution is 5.93. The van der Waals surface area contributed by atoms with E-state index in [1.165, 1.54) is 0 Å². The summed E-state index contributed by atoms with van der Waals surface area (Å²) < 4.78 is 37.2. The van der Waals surface area contributed by atoms with Crippen LogP contribution in [0.5, 0.6) is 0 Å².